The number of carbonyl (C=O) groups is 2. The van der Waals surface area contributed by atoms with Crippen molar-refractivity contribution >= 4 is 12.2 Å². The van der Waals surface area contributed by atoms with Gasteiger partial charge in [0.2, 0.25) is 0 Å². The van der Waals surface area contributed by atoms with E-state index in [1.807, 2.05) is 13.0 Å². The fourth-order valence-corrected chi connectivity index (χ4v) is 2.94. The Hall–Kier alpha value is -1.72. The number of amides is 2. The van der Waals surface area contributed by atoms with Gasteiger partial charge in [0.25, 0.3) is 0 Å². The standard InChI is InChI=1S/C10H14N2O4/c1-6-4-9(2)5-10(6,3)12(8(15)16)11(9)7(13)14/h4H,5H2,1-3H3,(H,13,14)(H,15,16). The zero-order valence-electron chi connectivity index (χ0n) is 9.39. The molecule has 2 atom stereocenters. The molecule has 0 radical (unpaired) electrons. The van der Waals surface area contributed by atoms with Crippen LogP contribution in [-0.4, -0.2) is 43.5 Å². The van der Waals surface area contributed by atoms with Crippen molar-refractivity contribution in [1.29, 1.82) is 0 Å². The Labute approximate surface area is 92.7 Å². The average molecular weight is 226 g/mol. The van der Waals surface area contributed by atoms with E-state index in [0.29, 0.717) is 6.42 Å². The van der Waals surface area contributed by atoms with Gasteiger partial charge in [-0.25, -0.2) is 19.6 Å². The third-order valence-corrected chi connectivity index (χ3v) is 3.59. The third kappa shape index (κ3) is 1.01. The summed E-state index contributed by atoms with van der Waals surface area (Å²) in [5.74, 6) is 0. The van der Waals surface area contributed by atoms with E-state index < -0.39 is 23.3 Å². The minimum atomic E-state index is -1.24. The fourth-order valence-electron chi connectivity index (χ4n) is 2.94. The first kappa shape index (κ1) is 10.8. The van der Waals surface area contributed by atoms with Gasteiger partial charge in [-0.05, 0) is 26.3 Å². The molecule has 2 bridgehead atoms. The van der Waals surface area contributed by atoms with E-state index in [1.54, 1.807) is 13.8 Å². The number of carboxylic acid groups (broad SMARTS) is 2. The van der Waals surface area contributed by atoms with Gasteiger partial charge < -0.3 is 10.2 Å². The number of hydrazine groups is 1. The van der Waals surface area contributed by atoms with Gasteiger partial charge in [-0.1, -0.05) is 6.08 Å². The number of hydrogen-bond acceptors (Lipinski definition) is 2. The van der Waals surface area contributed by atoms with Crippen molar-refractivity contribution in [2.24, 2.45) is 0 Å². The first-order chi connectivity index (χ1) is 7.22. The lowest BCUT2D eigenvalue weighted by molar-refractivity contribution is -0.0334. The van der Waals surface area contributed by atoms with Gasteiger partial charge in [-0.2, -0.15) is 0 Å². The molecule has 2 aliphatic rings. The molecule has 88 valence electrons. The van der Waals surface area contributed by atoms with Crippen molar-refractivity contribution in [1.82, 2.24) is 10.0 Å². The van der Waals surface area contributed by atoms with Crippen molar-refractivity contribution < 1.29 is 19.8 Å². The first-order valence-electron chi connectivity index (χ1n) is 4.98. The summed E-state index contributed by atoms with van der Waals surface area (Å²) in [4.78, 5) is 22.3. The smallest absolute Gasteiger partial charge is 0.427 e. The topological polar surface area (TPSA) is 81.1 Å². The van der Waals surface area contributed by atoms with Crippen molar-refractivity contribution in [3.8, 4) is 0 Å². The highest BCUT2D eigenvalue weighted by Gasteiger charge is 2.62. The molecule has 6 heteroatoms. The van der Waals surface area contributed by atoms with E-state index in [9.17, 15) is 9.59 Å². The van der Waals surface area contributed by atoms with E-state index in [1.165, 1.54) is 0 Å². The summed E-state index contributed by atoms with van der Waals surface area (Å²) >= 11 is 0. The van der Waals surface area contributed by atoms with Crippen LogP contribution in [0.3, 0.4) is 0 Å². The molecule has 0 aromatic rings. The fraction of sp³-hybridized carbons (Fsp3) is 0.600. The number of rotatable bonds is 0. The van der Waals surface area contributed by atoms with Gasteiger partial charge in [0.05, 0.1) is 11.1 Å². The second-order valence-electron chi connectivity index (χ2n) is 4.82. The molecule has 0 spiro atoms. The molecule has 1 heterocycles. The molecule has 0 aromatic carbocycles. The second-order valence-corrected chi connectivity index (χ2v) is 4.82. The number of hydrogen-bond donors (Lipinski definition) is 2. The molecule has 1 fully saturated rings. The van der Waals surface area contributed by atoms with Gasteiger partial charge in [0.15, 0.2) is 0 Å². The van der Waals surface area contributed by atoms with Crippen LogP contribution < -0.4 is 0 Å². The van der Waals surface area contributed by atoms with Crippen LogP contribution in [0, 0.1) is 0 Å². The quantitative estimate of drug-likeness (QED) is 0.616. The molecule has 1 saturated heterocycles. The zero-order valence-corrected chi connectivity index (χ0v) is 9.39. The Kier molecular flexibility index (Phi) is 1.81. The van der Waals surface area contributed by atoms with Crippen LogP contribution in [0.5, 0.6) is 0 Å². The van der Waals surface area contributed by atoms with Crippen LogP contribution in [0.25, 0.3) is 0 Å². The molecule has 6 nitrogen and oxygen atoms in total. The van der Waals surface area contributed by atoms with Gasteiger partial charge in [-0.3, -0.25) is 0 Å². The van der Waals surface area contributed by atoms with E-state index in [2.05, 4.69) is 0 Å². The maximum atomic E-state index is 11.2. The Balaban J connectivity index is 2.57. The Morgan fingerprint density at radius 1 is 1.25 bits per heavy atom. The third-order valence-electron chi connectivity index (χ3n) is 3.59. The summed E-state index contributed by atoms with van der Waals surface area (Å²) in [6.45, 7) is 5.32. The van der Waals surface area contributed by atoms with E-state index in [4.69, 9.17) is 10.2 Å². The highest BCUT2D eigenvalue weighted by atomic mass is 16.4. The highest BCUT2D eigenvalue weighted by Crippen LogP contribution is 2.51. The summed E-state index contributed by atoms with van der Waals surface area (Å²) in [6.07, 6.45) is -0.163. The van der Waals surface area contributed by atoms with Gasteiger partial charge in [0, 0.05) is 6.42 Å². The van der Waals surface area contributed by atoms with Gasteiger partial charge in [-0.15, -0.1) is 0 Å². The largest absolute Gasteiger partial charge is 0.464 e. The van der Waals surface area contributed by atoms with E-state index in [-0.39, 0.29) is 0 Å². The van der Waals surface area contributed by atoms with Crippen molar-refractivity contribution in [3.05, 3.63) is 11.6 Å². The lowest BCUT2D eigenvalue weighted by atomic mass is 9.93. The predicted molar refractivity (Wildman–Crippen MR) is 54.9 cm³/mol. The van der Waals surface area contributed by atoms with Crippen LogP contribution in [0.15, 0.2) is 11.6 Å². The second kappa shape index (κ2) is 2.69. The number of nitrogens with zero attached hydrogens (tertiary/aromatic N) is 2. The number of fused-ring (bicyclic) bond motifs is 2. The Morgan fingerprint density at radius 2 is 1.75 bits per heavy atom. The minimum absolute atomic E-state index is 0.477. The SMILES string of the molecule is CC1=CC2(C)CC1(C)N(C(=O)O)N2C(=O)O. The maximum absolute atomic E-state index is 11.2. The van der Waals surface area contributed by atoms with Crippen molar-refractivity contribution in [2.45, 2.75) is 38.3 Å². The molecule has 2 amide bonds. The van der Waals surface area contributed by atoms with Crippen LogP contribution in [0.2, 0.25) is 0 Å². The van der Waals surface area contributed by atoms with Crippen molar-refractivity contribution in [3.63, 3.8) is 0 Å². The molecule has 2 N–H and O–H groups in total. The van der Waals surface area contributed by atoms with Gasteiger partial charge in [0.1, 0.15) is 0 Å². The lowest BCUT2D eigenvalue weighted by Gasteiger charge is -2.41. The van der Waals surface area contributed by atoms with E-state index >= 15 is 0 Å². The Morgan fingerprint density at radius 3 is 2.19 bits per heavy atom. The minimum Gasteiger partial charge on any atom is -0.464 e. The van der Waals surface area contributed by atoms with Gasteiger partial charge >= 0.3 is 12.2 Å². The van der Waals surface area contributed by atoms with Crippen LogP contribution in [-0.2, 0) is 0 Å². The summed E-state index contributed by atoms with van der Waals surface area (Å²) in [5.41, 5.74) is -0.586. The van der Waals surface area contributed by atoms with Crippen molar-refractivity contribution in [2.75, 3.05) is 0 Å². The molecule has 2 rings (SSSR count). The summed E-state index contributed by atoms with van der Waals surface area (Å²) in [5, 5.41) is 20.1. The first-order valence-corrected chi connectivity index (χ1v) is 4.98. The van der Waals surface area contributed by atoms with Crippen LogP contribution >= 0.6 is 0 Å². The molecule has 0 saturated carbocycles. The normalized spacial score (nSPS) is 36.6. The summed E-state index contributed by atoms with van der Waals surface area (Å²) in [7, 11) is 0. The van der Waals surface area contributed by atoms with E-state index in [0.717, 1.165) is 15.6 Å². The van der Waals surface area contributed by atoms with Crippen LogP contribution in [0.4, 0.5) is 9.59 Å². The Bertz CT molecular complexity index is 419. The zero-order chi connectivity index (χ0) is 12.3. The molecular weight excluding hydrogens is 212 g/mol. The predicted octanol–water partition coefficient (Wildman–Crippen LogP) is 1.74. The monoisotopic (exact) mass is 226 g/mol. The summed E-state index contributed by atoms with van der Waals surface area (Å²) in [6, 6.07) is 0. The highest BCUT2D eigenvalue weighted by molar-refractivity contribution is 5.77. The molecule has 1 aliphatic carbocycles. The average Bonchev–Trinajstić information content (AvgIpc) is 2.46. The molecular formula is C10H14N2O4. The lowest BCUT2D eigenvalue weighted by Crippen LogP contribution is -2.58. The molecule has 0 aromatic heterocycles. The molecule has 1 aliphatic heterocycles. The summed E-state index contributed by atoms with van der Waals surface area (Å²) < 4.78 is 0. The van der Waals surface area contributed by atoms with Crippen LogP contribution in [0.1, 0.15) is 27.2 Å². The maximum Gasteiger partial charge on any atom is 0.427 e. The molecule has 16 heavy (non-hydrogen) atoms. The molecule has 2 unspecified atom stereocenters.